The van der Waals surface area contributed by atoms with Crippen LogP contribution >= 0.6 is 0 Å². The second kappa shape index (κ2) is 7.13. The average molecular weight is 313 g/mol. The molecule has 1 aliphatic heterocycles. The zero-order valence-electron chi connectivity index (χ0n) is 14.4. The maximum absolute atomic E-state index is 4.56. The van der Waals surface area contributed by atoms with Crippen LogP contribution in [0.5, 0.6) is 0 Å². The van der Waals surface area contributed by atoms with Crippen LogP contribution < -0.4 is 4.90 Å². The first kappa shape index (κ1) is 16.0. The molecule has 0 saturated carbocycles. The summed E-state index contributed by atoms with van der Waals surface area (Å²) in [4.78, 5) is 9.38. The van der Waals surface area contributed by atoms with Crippen molar-refractivity contribution in [2.24, 2.45) is 0 Å². The summed E-state index contributed by atoms with van der Waals surface area (Å²) in [5, 5.41) is 4.56. The minimum atomic E-state index is 0.565. The Morgan fingerprint density at radius 2 is 2.22 bits per heavy atom. The van der Waals surface area contributed by atoms with E-state index in [1.54, 1.807) is 0 Å². The number of likely N-dealkylation sites (N-methyl/N-ethyl adjacent to an activating group) is 1. The Balaban J connectivity index is 1.65. The number of anilines is 1. The Bertz CT molecular complexity index is 622. The summed E-state index contributed by atoms with van der Waals surface area (Å²) in [6.45, 7) is 8.29. The first-order valence-corrected chi connectivity index (χ1v) is 8.56. The molecular weight excluding hydrogens is 286 g/mol. The van der Waals surface area contributed by atoms with E-state index in [1.807, 2.05) is 16.9 Å². The summed E-state index contributed by atoms with van der Waals surface area (Å²) in [5.41, 5.74) is 2.49. The van der Waals surface area contributed by atoms with Crippen LogP contribution in [0.4, 0.5) is 5.82 Å². The number of aryl methyl sites for hydroxylation is 2. The van der Waals surface area contributed by atoms with Gasteiger partial charge in [0.15, 0.2) is 0 Å². The van der Waals surface area contributed by atoms with Gasteiger partial charge in [0.25, 0.3) is 0 Å². The van der Waals surface area contributed by atoms with Crippen molar-refractivity contribution in [3.63, 3.8) is 0 Å². The average Bonchev–Trinajstić information content (AvgIpc) is 2.96. The minimum Gasteiger partial charge on any atom is -0.355 e. The van der Waals surface area contributed by atoms with Gasteiger partial charge in [-0.3, -0.25) is 9.58 Å². The quantitative estimate of drug-likeness (QED) is 0.850. The van der Waals surface area contributed by atoms with Crippen LogP contribution in [0.1, 0.15) is 31.0 Å². The van der Waals surface area contributed by atoms with E-state index in [4.69, 9.17) is 0 Å². The lowest BCUT2D eigenvalue weighted by molar-refractivity contribution is 0.207. The lowest BCUT2D eigenvalue weighted by Crippen LogP contribution is -2.46. The van der Waals surface area contributed by atoms with Gasteiger partial charge in [0, 0.05) is 50.2 Å². The summed E-state index contributed by atoms with van der Waals surface area (Å²) in [6, 6.07) is 6.72. The molecule has 2 aromatic heterocycles. The highest BCUT2D eigenvalue weighted by atomic mass is 15.3. The molecule has 5 nitrogen and oxygen atoms in total. The Morgan fingerprint density at radius 1 is 1.35 bits per heavy atom. The molecule has 1 fully saturated rings. The zero-order valence-corrected chi connectivity index (χ0v) is 14.4. The van der Waals surface area contributed by atoms with Crippen molar-refractivity contribution < 1.29 is 0 Å². The predicted octanol–water partition coefficient (Wildman–Crippen LogP) is 2.71. The van der Waals surface area contributed by atoms with E-state index in [9.17, 15) is 0 Å². The summed E-state index contributed by atoms with van der Waals surface area (Å²) >= 11 is 0. The molecule has 0 radical (unpaired) electrons. The van der Waals surface area contributed by atoms with Crippen LogP contribution in [-0.4, -0.2) is 45.8 Å². The SMILES string of the molecule is CCn1cc(CN(C)[C@@H]2CCCN(c3ccccn3)C2)c(C)n1. The molecule has 0 N–H and O–H groups in total. The second-order valence-corrected chi connectivity index (χ2v) is 6.44. The van der Waals surface area contributed by atoms with Crippen molar-refractivity contribution in [1.82, 2.24) is 19.7 Å². The first-order chi connectivity index (χ1) is 11.2. The Hall–Kier alpha value is -1.88. The van der Waals surface area contributed by atoms with Gasteiger partial charge in [-0.25, -0.2) is 4.98 Å². The van der Waals surface area contributed by atoms with Crippen LogP contribution in [0.15, 0.2) is 30.6 Å². The second-order valence-electron chi connectivity index (χ2n) is 6.44. The van der Waals surface area contributed by atoms with Crippen molar-refractivity contribution in [3.05, 3.63) is 41.9 Å². The van der Waals surface area contributed by atoms with Crippen molar-refractivity contribution in [2.75, 3.05) is 25.0 Å². The Morgan fingerprint density at radius 3 is 2.91 bits per heavy atom. The van der Waals surface area contributed by atoms with Crippen LogP contribution in [-0.2, 0) is 13.1 Å². The van der Waals surface area contributed by atoms with Crippen LogP contribution in [0, 0.1) is 6.92 Å². The van der Waals surface area contributed by atoms with Crippen molar-refractivity contribution in [3.8, 4) is 0 Å². The van der Waals surface area contributed by atoms with Crippen LogP contribution in [0.3, 0.4) is 0 Å². The molecule has 1 aliphatic rings. The normalized spacial score (nSPS) is 18.6. The molecule has 0 aliphatic carbocycles. The number of piperidine rings is 1. The molecule has 23 heavy (non-hydrogen) atoms. The van der Waals surface area contributed by atoms with E-state index in [1.165, 1.54) is 18.4 Å². The van der Waals surface area contributed by atoms with Crippen molar-refractivity contribution >= 4 is 5.82 Å². The highest BCUT2D eigenvalue weighted by molar-refractivity contribution is 5.38. The van der Waals surface area contributed by atoms with E-state index in [2.05, 4.69) is 59.1 Å². The number of rotatable bonds is 5. The summed E-state index contributed by atoms with van der Waals surface area (Å²) in [7, 11) is 2.23. The Kier molecular flexibility index (Phi) is 4.96. The third-order valence-corrected chi connectivity index (χ3v) is 4.78. The van der Waals surface area contributed by atoms with Gasteiger partial charge < -0.3 is 4.90 Å². The third kappa shape index (κ3) is 3.72. The number of hydrogen-bond donors (Lipinski definition) is 0. The minimum absolute atomic E-state index is 0.565. The topological polar surface area (TPSA) is 37.2 Å². The molecule has 0 unspecified atom stereocenters. The van der Waals surface area contributed by atoms with Gasteiger partial charge in [0.05, 0.1) is 5.69 Å². The fourth-order valence-corrected chi connectivity index (χ4v) is 3.34. The molecule has 1 atom stereocenters. The molecule has 0 aromatic carbocycles. The van der Waals surface area contributed by atoms with Crippen LogP contribution in [0.25, 0.3) is 0 Å². The summed E-state index contributed by atoms with van der Waals surface area (Å²) in [6.07, 6.45) is 6.54. The maximum atomic E-state index is 4.56. The summed E-state index contributed by atoms with van der Waals surface area (Å²) < 4.78 is 2.03. The monoisotopic (exact) mass is 313 g/mol. The highest BCUT2D eigenvalue weighted by Gasteiger charge is 2.24. The molecule has 0 amide bonds. The number of hydrogen-bond acceptors (Lipinski definition) is 4. The predicted molar refractivity (Wildman–Crippen MR) is 93.6 cm³/mol. The van der Waals surface area contributed by atoms with Gasteiger partial charge >= 0.3 is 0 Å². The van der Waals surface area contributed by atoms with Gasteiger partial charge in [-0.2, -0.15) is 5.10 Å². The summed E-state index contributed by atoms with van der Waals surface area (Å²) in [5.74, 6) is 1.10. The largest absolute Gasteiger partial charge is 0.355 e. The lowest BCUT2D eigenvalue weighted by Gasteiger charge is -2.38. The van der Waals surface area contributed by atoms with Crippen molar-refractivity contribution in [1.29, 1.82) is 0 Å². The fraction of sp³-hybridized carbons (Fsp3) is 0.556. The fourth-order valence-electron chi connectivity index (χ4n) is 3.34. The molecule has 3 rings (SSSR count). The molecule has 0 bridgehead atoms. The molecule has 1 saturated heterocycles. The molecule has 3 heterocycles. The van der Waals surface area contributed by atoms with E-state index < -0.39 is 0 Å². The maximum Gasteiger partial charge on any atom is 0.128 e. The van der Waals surface area contributed by atoms with Gasteiger partial charge in [0.1, 0.15) is 5.82 Å². The van der Waals surface area contributed by atoms with E-state index in [0.717, 1.165) is 37.7 Å². The highest BCUT2D eigenvalue weighted by Crippen LogP contribution is 2.21. The van der Waals surface area contributed by atoms with Crippen molar-refractivity contribution in [2.45, 2.75) is 45.8 Å². The molecule has 2 aromatic rings. The molecular formula is C18H27N5. The van der Waals surface area contributed by atoms with Gasteiger partial charge in [-0.15, -0.1) is 0 Å². The molecule has 0 spiro atoms. The number of aromatic nitrogens is 3. The zero-order chi connectivity index (χ0) is 16.2. The van der Waals surface area contributed by atoms with E-state index in [-0.39, 0.29) is 0 Å². The molecule has 124 valence electrons. The molecule has 5 heteroatoms. The van der Waals surface area contributed by atoms with E-state index >= 15 is 0 Å². The van der Waals surface area contributed by atoms with Crippen LogP contribution in [0.2, 0.25) is 0 Å². The Labute approximate surface area is 138 Å². The van der Waals surface area contributed by atoms with Gasteiger partial charge in [0.2, 0.25) is 0 Å². The third-order valence-electron chi connectivity index (χ3n) is 4.78. The number of nitrogens with zero attached hydrogens (tertiary/aromatic N) is 5. The van der Waals surface area contributed by atoms with Gasteiger partial charge in [-0.1, -0.05) is 6.07 Å². The smallest absolute Gasteiger partial charge is 0.128 e. The standard InChI is InChI=1S/C18H27N5/c1-4-23-13-16(15(2)20-23)12-21(3)17-8-7-11-22(14-17)18-9-5-6-10-19-18/h5-6,9-10,13,17H,4,7-8,11-12,14H2,1-3H3/t17-/m1/s1. The van der Waals surface area contributed by atoms with Gasteiger partial charge in [-0.05, 0) is 45.9 Å². The van der Waals surface area contributed by atoms with E-state index in [0.29, 0.717) is 6.04 Å². The lowest BCUT2D eigenvalue weighted by atomic mass is 10.0. The first-order valence-electron chi connectivity index (χ1n) is 8.56. The number of pyridine rings is 1.